The van der Waals surface area contributed by atoms with Crippen molar-refractivity contribution < 1.29 is 19.5 Å². The van der Waals surface area contributed by atoms with Gasteiger partial charge in [0.15, 0.2) is 0 Å². The molecule has 6 heteroatoms. The predicted molar refractivity (Wildman–Crippen MR) is 112 cm³/mol. The first-order valence-corrected chi connectivity index (χ1v) is 10.3. The van der Waals surface area contributed by atoms with Crippen LogP contribution in [0, 0.1) is 5.92 Å². The molecule has 2 amide bonds. The number of unbranched alkanes of at least 4 members (excludes halogenated alkanes) is 1. The summed E-state index contributed by atoms with van der Waals surface area (Å²) >= 11 is 0. The van der Waals surface area contributed by atoms with Crippen LogP contribution >= 0.6 is 0 Å². The van der Waals surface area contributed by atoms with E-state index in [1.165, 1.54) is 0 Å². The molecule has 1 aliphatic heterocycles. The van der Waals surface area contributed by atoms with Gasteiger partial charge in [-0.2, -0.15) is 0 Å². The van der Waals surface area contributed by atoms with Crippen LogP contribution in [0.15, 0.2) is 42.5 Å². The van der Waals surface area contributed by atoms with Crippen LogP contribution in [0.3, 0.4) is 0 Å². The number of carbonyl (C=O) groups is 3. The minimum Gasteiger partial charge on any atom is -0.480 e. The number of aliphatic carboxylic acids is 1. The molecule has 1 aliphatic rings. The smallest absolute Gasteiger partial charge is 0.326 e. The normalized spacial score (nSPS) is 15.8. The van der Waals surface area contributed by atoms with E-state index >= 15 is 0 Å². The van der Waals surface area contributed by atoms with Crippen LogP contribution in [0.1, 0.15) is 49.4 Å². The van der Waals surface area contributed by atoms with Crippen molar-refractivity contribution in [3.63, 3.8) is 0 Å². The highest BCUT2D eigenvalue weighted by atomic mass is 16.4. The maximum atomic E-state index is 13.0. The van der Waals surface area contributed by atoms with E-state index in [1.807, 2.05) is 49.4 Å². The van der Waals surface area contributed by atoms with Gasteiger partial charge in [-0.3, -0.25) is 9.59 Å². The molecular formula is C23H28N2O4. The van der Waals surface area contributed by atoms with Gasteiger partial charge < -0.3 is 15.3 Å². The summed E-state index contributed by atoms with van der Waals surface area (Å²) < 4.78 is 0. The van der Waals surface area contributed by atoms with Crippen molar-refractivity contribution in [3.05, 3.63) is 48.0 Å². The first-order valence-electron chi connectivity index (χ1n) is 10.3. The Kier molecular flexibility index (Phi) is 6.86. The molecule has 1 atom stereocenters. The van der Waals surface area contributed by atoms with Crippen LogP contribution in [-0.4, -0.2) is 46.9 Å². The molecule has 0 saturated carbocycles. The van der Waals surface area contributed by atoms with E-state index in [0.717, 1.165) is 23.6 Å². The summed E-state index contributed by atoms with van der Waals surface area (Å²) in [5.74, 6) is -1.48. The van der Waals surface area contributed by atoms with Gasteiger partial charge in [-0.1, -0.05) is 56.2 Å². The number of likely N-dealkylation sites (tertiary alicyclic amines) is 1. The van der Waals surface area contributed by atoms with Gasteiger partial charge in [0, 0.05) is 24.6 Å². The number of hydrogen-bond donors (Lipinski definition) is 2. The standard InChI is InChI=1S/C23H28N2O4/c1-2-3-11-20(23(28)29)24-21(26)17-12-14-25(15-13-17)22(27)19-10-6-8-16-7-4-5-9-18(16)19/h4-10,17,20H,2-3,11-15H2,1H3,(H,24,26)(H,28,29). The number of nitrogens with zero attached hydrogens (tertiary/aromatic N) is 1. The van der Waals surface area contributed by atoms with Gasteiger partial charge in [-0.15, -0.1) is 0 Å². The lowest BCUT2D eigenvalue weighted by Gasteiger charge is -2.32. The highest BCUT2D eigenvalue weighted by Crippen LogP contribution is 2.24. The first-order chi connectivity index (χ1) is 14.0. The Morgan fingerprint density at radius 2 is 1.79 bits per heavy atom. The Balaban J connectivity index is 1.60. The molecule has 3 rings (SSSR count). The minimum absolute atomic E-state index is 0.0213. The van der Waals surface area contributed by atoms with Crippen molar-refractivity contribution >= 4 is 28.6 Å². The summed E-state index contributed by atoms with van der Waals surface area (Å²) in [7, 11) is 0. The summed E-state index contributed by atoms with van der Waals surface area (Å²) in [4.78, 5) is 38.7. The Morgan fingerprint density at radius 3 is 2.48 bits per heavy atom. The summed E-state index contributed by atoms with van der Waals surface area (Å²) in [6.45, 7) is 2.98. The number of fused-ring (bicyclic) bond motifs is 1. The summed E-state index contributed by atoms with van der Waals surface area (Å²) in [5, 5.41) is 13.9. The highest BCUT2D eigenvalue weighted by molar-refractivity contribution is 6.07. The van der Waals surface area contributed by atoms with Crippen LogP contribution < -0.4 is 5.32 Å². The lowest BCUT2D eigenvalue weighted by molar-refractivity contribution is -0.143. The molecule has 154 valence electrons. The van der Waals surface area contributed by atoms with Gasteiger partial charge in [-0.25, -0.2) is 4.79 Å². The average molecular weight is 396 g/mol. The Hall–Kier alpha value is -2.89. The van der Waals surface area contributed by atoms with Gasteiger partial charge >= 0.3 is 5.97 Å². The van der Waals surface area contributed by atoms with E-state index in [9.17, 15) is 19.5 Å². The molecule has 2 aromatic rings. The minimum atomic E-state index is -0.990. The molecule has 0 spiro atoms. The van der Waals surface area contributed by atoms with Gasteiger partial charge in [0.1, 0.15) is 6.04 Å². The molecule has 0 radical (unpaired) electrons. The van der Waals surface area contributed by atoms with Crippen molar-refractivity contribution in [2.24, 2.45) is 5.92 Å². The van der Waals surface area contributed by atoms with Crippen molar-refractivity contribution in [1.29, 1.82) is 0 Å². The summed E-state index contributed by atoms with van der Waals surface area (Å²) in [6.07, 6.45) is 3.17. The van der Waals surface area contributed by atoms with Crippen molar-refractivity contribution in [2.45, 2.75) is 45.1 Å². The first kappa shape index (κ1) is 20.8. The Bertz CT molecular complexity index is 882. The third-order valence-corrected chi connectivity index (χ3v) is 5.63. The van der Waals surface area contributed by atoms with E-state index < -0.39 is 12.0 Å². The number of nitrogens with one attached hydrogen (secondary N) is 1. The number of hydrogen-bond acceptors (Lipinski definition) is 3. The molecule has 2 aromatic carbocycles. The molecule has 1 unspecified atom stereocenters. The van der Waals surface area contributed by atoms with Gasteiger partial charge in [0.2, 0.25) is 5.91 Å². The molecule has 0 bridgehead atoms. The molecule has 6 nitrogen and oxygen atoms in total. The van der Waals surface area contributed by atoms with Crippen LogP contribution in [0.2, 0.25) is 0 Å². The van der Waals surface area contributed by atoms with Gasteiger partial charge in [0.05, 0.1) is 0 Å². The molecule has 0 aliphatic carbocycles. The van der Waals surface area contributed by atoms with Gasteiger partial charge in [0.25, 0.3) is 5.91 Å². The molecule has 29 heavy (non-hydrogen) atoms. The summed E-state index contributed by atoms with van der Waals surface area (Å²) in [5.41, 5.74) is 0.677. The number of benzene rings is 2. The maximum Gasteiger partial charge on any atom is 0.326 e. The SMILES string of the molecule is CCCCC(NC(=O)C1CCN(C(=O)c2cccc3ccccc23)CC1)C(=O)O. The topological polar surface area (TPSA) is 86.7 Å². The number of carbonyl (C=O) groups excluding carboxylic acids is 2. The van der Waals surface area contributed by atoms with Crippen LogP contribution in [0.4, 0.5) is 0 Å². The third-order valence-electron chi connectivity index (χ3n) is 5.63. The zero-order chi connectivity index (χ0) is 20.8. The average Bonchev–Trinajstić information content (AvgIpc) is 2.75. The zero-order valence-electron chi connectivity index (χ0n) is 16.8. The molecule has 1 fully saturated rings. The lowest BCUT2D eigenvalue weighted by Crippen LogP contribution is -2.47. The fourth-order valence-electron chi connectivity index (χ4n) is 3.88. The molecular weight excluding hydrogens is 368 g/mol. The fraction of sp³-hybridized carbons (Fsp3) is 0.435. The third kappa shape index (κ3) is 4.94. The van der Waals surface area contributed by atoms with Crippen molar-refractivity contribution in [2.75, 3.05) is 13.1 Å². The summed E-state index contributed by atoms with van der Waals surface area (Å²) in [6, 6.07) is 12.7. The van der Waals surface area contributed by atoms with E-state index in [-0.39, 0.29) is 17.7 Å². The van der Waals surface area contributed by atoms with Crippen LogP contribution in [0.25, 0.3) is 10.8 Å². The van der Waals surface area contributed by atoms with Gasteiger partial charge in [-0.05, 0) is 36.1 Å². The lowest BCUT2D eigenvalue weighted by atomic mass is 9.94. The quantitative estimate of drug-likeness (QED) is 0.750. The van der Waals surface area contributed by atoms with E-state index in [4.69, 9.17) is 0 Å². The number of amides is 2. The molecule has 1 heterocycles. The maximum absolute atomic E-state index is 13.0. The largest absolute Gasteiger partial charge is 0.480 e. The molecule has 2 N–H and O–H groups in total. The molecule has 1 saturated heterocycles. The van der Waals surface area contributed by atoms with Crippen LogP contribution in [0.5, 0.6) is 0 Å². The fourth-order valence-corrected chi connectivity index (χ4v) is 3.88. The Labute approximate surface area is 170 Å². The van der Waals surface area contributed by atoms with E-state index in [2.05, 4.69) is 5.32 Å². The second-order valence-electron chi connectivity index (χ2n) is 7.63. The van der Waals surface area contributed by atoms with Crippen molar-refractivity contribution in [1.82, 2.24) is 10.2 Å². The Morgan fingerprint density at radius 1 is 1.10 bits per heavy atom. The van der Waals surface area contributed by atoms with E-state index in [1.54, 1.807) is 4.90 Å². The second kappa shape index (κ2) is 9.54. The number of carboxylic acid groups (broad SMARTS) is 1. The molecule has 0 aromatic heterocycles. The zero-order valence-corrected chi connectivity index (χ0v) is 16.8. The second-order valence-corrected chi connectivity index (χ2v) is 7.63. The van der Waals surface area contributed by atoms with Crippen LogP contribution in [-0.2, 0) is 9.59 Å². The number of carboxylic acids is 1. The van der Waals surface area contributed by atoms with E-state index in [0.29, 0.717) is 37.9 Å². The number of piperidine rings is 1. The predicted octanol–water partition coefficient (Wildman–Crippen LogP) is 3.45. The monoisotopic (exact) mass is 396 g/mol. The number of rotatable bonds is 7. The van der Waals surface area contributed by atoms with Crippen molar-refractivity contribution in [3.8, 4) is 0 Å². The highest BCUT2D eigenvalue weighted by Gasteiger charge is 2.30.